The monoisotopic (exact) mass is 450 g/mol. The molecule has 0 saturated carbocycles. The van der Waals surface area contributed by atoms with Crippen LogP contribution in [0.3, 0.4) is 0 Å². The Morgan fingerprint density at radius 3 is 2.50 bits per heavy atom. The quantitative estimate of drug-likeness (QED) is 0.423. The van der Waals surface area contributed by atoms with E-state index in [1.807, 2.05) is 73.7 Å². The molecule has 1 aliphatic rings. The van der Waals surface area contributed by atoms with Crippen LogP contribution in [-0.2, 0) is 9.59 Å². The summed E-state index contributed by atoms with van der Waals surface area (Å²) in [7, 11) is 0. The zero-order valence-electron chi connectivity index (χ0n) is 18.8. The van der Waals surface area contributed by atoms with Crippen LogP contribution in [0.4, 0.5) is 11.4 Å². The highest BCUT2D eigenvalue weighted by Gasteiger charge is 2.33. The van der Waals surface area contributed by atoms with Gasteiger partial charge >= 0.3 is 0 Å². The Labute approximate surface area is 195 Å². The first-order valence-corrected chi connectivity index (χ1v) is 11.2. The molecule has 0 spiro atoms. The van der Waals surface area contributed by atoms with E-state index >= 15 is 0 Å². The number of anilines is 2. The van der Waals surface area contributed by atoms with Crippen LogP contribution in [0.5, 0.6) is 5.75 Å². The minimum atomic E-state index is -0.846. The van der Waals surface area contributed by atoms with Gasteiger partial charge in [-0.1, -0.05) is 48.5 Å². The van der Waals surface area contributed by atoms with Gasteiger partial charge in [0.15, 0.2) is 6.10 Å². The molecule has 34 heavy (non-hydrogen) atoms. The number of para-hydroxylation sites is 4. The van der Waals surface area contributed by atoms with Crippen molar-refractivity contribution in [1.29, 1.82) is 0 Å². The number of ether oxygens (including phenoxy) is 1. The van der Waals surface area contributed by atoms with E-state index in [9.17, 15) is 9.59 Å². The number of aromatic nitrogens is 2. The average Bonchev–Trinajstić information content (AvgIpc) is 3.18. The highest BCUT2D eigenvalue weighted by atomic mass is 16.5. The molecule has 1 atom stereocenters. The summed E-state index contributed by atoms with van der Waals surface area (Å²) in [5.41, 5.74) is 4.09. The molecule has 1 N–H and O–H groups in total. The van der Waals surface area contributed by atoms with Crippen LogP contribution in [0.15, 0.2) is 72.8 Å². The number of nitrogens with zero attached hydrogens (tertiary/aromatic N) is 3. The summed E-state index contributed by atoms with van der Waals surface area (Å²) in [5, 5.41) is 4.99. The maximum atomic E-state index is 13.6. The lowest BCUT2D eigenvalue weighted by atomic mass is 10.1. The Balaban J connectivity index is 1.49. The smallest absolute Gasteiger partial charge is 0.267 e. The molecule has 1 aliphatic heterocycles. The molecule has 0 saturated heterocycles. The van der Waals surface area contributed by atoms with Crippen LogP contribution >= 0.6 is 0 Å². The second-order valence-electron chi connectivity index (χ2n) is 8.45. The molecule has 0 fully saturated rings. The van der Waals surface area contributed by atoms with Crippen molar-refractivity contribution in [3.63, 3.8) is 0 Å². The standard InChI is InChI=1S/C27H22N4O3/c1-16-28-20-11-5-3-9-18(20)26-25(19-10-4-6-12-21(19)31(16)26)29-27(33)24-15-30(17(2)32)22-13-7-8-14-23(22)34-24/h3-14,24H,15H2,1-2H3,(H,29,33)/t24-/m0/s1. The molecular formula is C27H22N4O3. The van der Waals surface area contributed by atoms with Gasteiger partial charge in [-0.2, -0.15) is 0 Å². The topological polar surface area (TPSA) is 75.9 Å². The van der Waals surface area contributed by atoms with Crippen molar-refractivity contribution in [3.05, 3.63) is 78.6 Å². The molecule has 3 aromatic carbocycles. The lowest BCUT2D eigenvalue weighted by Crippen LogP contribution is -2.48. The van der Waals surface area contributed by atoms with Crippen LogP contribution in [0.1, 0.15) is 12.7 Å². The third-order valence-electron chi connectivity index (χ3n) is 6.33. The minimum absolute atomic E-state index is 0.138. The van der Waals surface area contributed by atoms with Gasteiger partial charge in [0.05, 0.1) is 34.5 Å². The van der Waals surface area contributed by atoms with E-state index in [0.717, 1.165) is 33.1 Å². The van der Waals surface area contributed by atoms with E-state index in [1.165, 1.54) is 6.92 Å². The molecule has 6 rings (SSSR count). The fourth-order valence-electron chi connectivity index (χ4n) is 4.83. The van der Waals surface area contributed by atoms with Gasteiger partial charge in [-0.05, 0) is 31.2 Å². The number of carbonyl (C=O) groups excluding carboxylic acids is 2. The summed E-state index contributed by atoms with van der Waals surface area (Å²) in [6.45, 7) is 3.60. The number of carbonyl (C=O) groups is 2. The average molecular weight is 450 g/mol. The fraction of sp³-hybridized carbons (Fsp3) is 0.148. The summed E-state index contributed by atoms with van der Waals surface area (Å²) >= 11 is 0. The van der Waals surface area contributed by atoms with Gasteiger partial charge in [0.2, 0.25) is 5.91 Å². The molecular weight excluding hydrogens is 428 g/mol. The van der Waals surface area contributed by atoms with Crippen LogP contribution in [-0.4, -0.2) is 33.8 Å². The Kier molecular flexibility index (Phi) is 4.52. The molecule has 2 aromatic heterocycles. The molecule has 0 bridgehead atoms. The van der Waals surface area contributed by atoms with Crippen molar-refractivity contribution in [2.45, 2.75) is 20.0 Å². The number of hydrogen-bond donors (Lipinski definition) is 1. The van der Waals surface area contributed by atoms with Gasteiger partial charge in [0.25, 0.3) is 5.91 Å². The predicted octanol–water partition coefficient (Wildman–Crippen LogP) is 4.70. The Morgan fingerprint density at radius 1 is 0.971 bits per heavy atom. The number of amides is 2. The van der Waals surface area contributed by atoms with Crippen molar-refractivity contribution in [2.24, 2.45) is 0 Å². The first kappa shape index (κ1) is 20.2. The first-order chi connectivity index (χ1) is 16.5. The Hall–Kier alpha value is -4.39. The number of nitrogens with one attached hydrogen (secondary N) is 1. The molecule has 0 aliphatic carbocycles. The molecule has 7 heteroatoms. The van der Waals surface area contributed by atoms with Gasteiger partial charge in [-0.3, -0.25) is 14.0 Å². The number of aryl methyl sites for hydroxylation is 1. The molecule has 0 radical (unpaired) electrons. The summed E-state index contributed by atoms with van der Waals surface area (Å²) in [4.78, 5) is 32.2. The Morgan fingerprint density at radius 2 is 1.68 bits per heavy atom. The largest absolute Gasteiger partial charge is 0.476 e. The van der Waals surface area contributed by atoms with E-state index in [1.54, 1.807) is 11.0 Å². The third-order valence-corrected chi connectivity index (χ3v) is 6.33. The number of hydrogen-bond acceptors (Lipinski definition) is 4. The maximum Gasteiger partial charge on any atom is 0.267 e. The van der Waals surface area contributed by atoms with Crippen LogP contribution in [0.2, 0.25) is 0 Å². The zero-order valence-corrected chi connectivity index (χ0v) is 18.8. The van der Waals surface area contributed by atoms with Crippen LogP contribution in [0, 0.1) is 6.92 Å². The molecule has 0 unspecified atom stereocenters. The van der Waals surface area contributed by atoms with Crippen molar-refractivity contribution in [1.82, 2.24) is 9.38 Å². The molecule has 2 amide bonds. The highest BCUT2D eigenvalue weighted by molar-refractivity contribution is 6.17. The number of rotatable bonds is 2. The Bertz CT molecular complexity index is 1620. The van der Waals surface area contributed by atoms with Crippen molar-refractivity contribution < 1.29 is 14.3 Å². The normalized spacial score (nSPS) is 15.4. The summed E-state index contributed by atoms with van der Waals surface area (Å²) < 4.78 is 8.11. The van der Waals surface area contributed by atoms with E-state index in [2.05, 4.69) is 9.72 Å². The predicted molar refractivity (Wildman–Crippen MR) is 132 cm³/mol. The van der Waals surface area contributed by atoms with Gasteiger partial charge in [0, 0.05) is 17.7 Å². The van der Waals surface area contributed by atoms with E-state index < -0.39 is 6.10 Å². The van der Waals surface area contributed by atoms with Crippen LogP contribution < -0.4 is 15.0 Å². The lowest BCUT2D eigenvalue weighted by Gasteiger charge is -2.33. The van der Waals surface area contributed by atoms with Gasteiger partial charge < -0.3 is 15.0 Å². The maximum absolute atomic E-state index is 13.6. The first-order valence-electron chi connectivity index (χ1n) is 11.2. The zero-order chi connectivity index (χ0) is 23.4. The fourth-order valence-corrected chi connectivity index (χ4v) is 4.83. The van der Waals surface area contributed by atoms with Crippen molar-refractivity contribution in [2.75, 3.05) is 16.8 Å². The van der Waals surface area contributed by atoms with E-state index in [0.29, 0.717) is 17.1 Å². The minimum Gasteiger partial charge on any atom is -0.476 e. The second-order valence-corrected chi connectivity index (χ2v) is 8.45. The lowest BCUT2D eigenvalue weighted by molar-refractivity contribution is -0.123. The van der Waals surface area contributed by atoms with E-state index in [-0.39, 0.29) is 18.4 Å². The summed E-state index contributed by atoms with van der Waals surface area (Å²) in [5.74, 6) is 0.899. The van der Waals surface area contributed by atoms with Crippen LogP contribution in [0.25, 0.3) is 27.3 Å². The van der Waals surface area contributed by atoms with Gasteiger partial charge in [-0.15, -0.1) is 0 Å². The summed E-state index contributed by atoms with van der Waals surface area (Å²) in [6, 6.07) is 23.1. The molecule has 3 heterocycles. The molecule has 5 aromatic rings. The van der Waals surface area contributed by atoms with Crippen molar-refractivity contribution in [3.8, 4) is 5.75 Å². The highest BCUT2D eigenvalue weighted by Crippen LogP contribution is 2.37. The van der Waals surface area contributed by atoms with E-state index in [4.69, 9.17) is 9.72 Å². The third kappa shape index (κ3) is 3.01. The number of fused-ring (bicyclic) bond motifs is 6. The summed E-state index contributed by atoms with van der Waals surface area (Å²) in [6.07, 6.45) is -0.846. The second kappa shape index (κ2) is 7.59. The number of benzene rings is 3. The van der Waals surface area contributed by atoms with Gasteiger partial charge in [-0.25, -0.2) is 4.98 Å². The SMILES string of the molecule is CC(=O)N1C[C@@H](C(=O)Nc2c3ccccc3n3c(C)nc4ccccc4c23)Oc2ccccc21. The molecule has 7 nitrogen and oxygen atoms in total. The molecule has 168 valence electrons. The van der Waals surface area contributed by atoms with Gasteiger partial charge in [0.1, 0.15) is 11.6 Å². The van der Waals surface area contributed by atoms with Crippen molar-refractivity contribution >= 4 is 50.5 Å².